The van der Waals surface area contributed by atoms with Crippen molar-refractivity contribution in [3.05, 3.63) is 0 Å². The number of carbonyl (C=O) groups excluding carboxylic acids is 2. The van der Waals surface area contributed by atoms with E-state index in [1.807, 2.05) is 0 Å². The summed E-state index contributed by atoms with van der Waals surface area (Å²) in [5.74, 6) is -1.23. The van der Waals surface area contributed by atoms with Gasteiger partial charge in [-0.3, -0.25) is 14.4 Å². The molecule has 0 radical (unpaired) electrons. The van der Waals surface area contributed by atoms with E-state index in [0.717, 1.165) is 77.0 Å². The summed E-state index contributed by atoms with van der Waals surface area (Å²) in [6, 6.07) is -0.713. The maximum absolute atomic E-state index is 13.2. The first-order chi connectivity index (χ1) is 27.9. The molecule has 1 unspecified atom stereocenters. The molecular formula is C49H94N3NaO5. The Morgan fingerprint density at radius 3 is 1.22 bits per heavy atom. The number of unbranched alkanes of at least 4 members (excludes halogenated alkanes) is 33. The topological polar surface area (TPSA) is 131 Å². The van der Waals surface area contributed by atoms with Crippen LogP contribution in [0.1, 0.15) is 271 Å². The summed E-state index contributed by atoms with van der Waals surface area (Å²) in [7, 11) is 0. The third kappa shape index (κ3) is 46.0. The smallest absolute Gasteiger partial charge is 0.862 e. The zero-order chi connectivity index (χ0) is 41.7. The number of nitrogens with zero attached hydrogens (tertiary/aromatic N) is 1. The Bertz CT molecular complexity index is 934. The van der Waals surface area contributed by atoms with Gasteiger partial charge in [0.15, 0.2) is 0 Å². The van der Waals surface area contributed by atoms with Crippen LogP contribution in [0.4, 0.5) is 0 Å². The van der Waals surface area contributed by atoms with Crippen LogP contribution in [0, 0.1) is 0 Å². The van der Waals surface area contributed by atoms with Crippen molar-refractivity contribution in [3.63, 3.8) is 0 Å². The number of amides is 2. The maximum Gasteiger partial charge on any atom is 1.00 e. The summed E-state index contributed by atoms with van der Waals surface area (Å²) in [6.45, 7) is 5.67. The second kappa shape index (κ2) is 48.5. The third-order valence-electron chi connectivity index (χ3n) is 11.5. The molecule has 0 saturated heterocycles. The average Bonchev–Trinajstić information content (AvgIpc) is 3.19. The van der Waals surface area contributed by atoms with Crippen molar-refractivity contribution in [2.24, 2.45) is 4.99 Å². The molecule has 0 spiro atoms. The van der Waals surface area contributed by atoms with Gasteiger partial charge in [0.05, 0.1) is 0 Å². The zero-order valence-corrected chi connectivity index (χ0v) is 40.8. The number of hydrogen-bond acceptors (Lipinski definition) is 5. The molecule has 0 fully saturated rings. The standard InChI is InChI=1S/C49H95N3O5.Na/c1-3-5-7-9-11-13-15-17-19-21-25-29-33-37-43-50-46(53)42-41-45(52-47(54)39-35-31-27-23-24-28-32-36-40-48(55)56)49(57)51-44-38-34-30-26-22-20-18-16-14-12-10-8-6-4-2;/h45H,3-44H2,1-2H3,(H,50,53)(H,51,57)(H,52,54)(H,55,56);/q;+1/p-1. The molecule has 0 aliphatic rings. The van der Waals surface area contributed by atoms with Gasteiger partial charge >= 0.3 is 35.5 Å². The van der Waals surface area contributed by atoms with Crippen molar-refractivity contribution in [3.8, 4) is 0 Å². The molecule has 2 amide bonds. The number of carbonyl (C=O) groups is 3. The molecule has 58 heavy (non-hydrogen) atoms. The monoisotopic (exact) mass is 828 g/mol. The van der Waals surface area contributed by atoms with Gasteiger partial charge < -0.3 is 25.8 Å². The van der Waals surface area contributed by atoms with Crippen LogP contribution in [0.15, 0.2) is 4.99 Å². The van der Waals surface area contributed by atoms with Crippen molar-refractivity contribution in [1.82, 2.24) is 10.6 Å². The van der Waals surface area contributed by atoms with Gasteiger partial charge in [-0.25, -0.2) is 0 Å². The predicted molar refractivity (Wildman–Crippen MR) is 241 cm³/mol. The van der Waals surface area contributed by atoms with Crippen molar-refractivity contribution in [1.29, 1.82) is 0 Å². The zero-order valence-electron chi connectivity index (χ0n) is 38.8. The number of nitrogens with one attached hydrogen (secondary N) is 2. The van der Waals surface area contributed by atoms with Crippen LogP contribution in [0.2, 0.25) is 0 Å². The number of hydrogen-bond donors (Lipinski definition) is 3. The SMILES string of the molecule is CCCCCCCCCCCCCCCCN=C([O-])CCC(NC(=O)CCCCCCCCCCC(=O)O)C(=O)NCCCCCCCCCCCCCCCC.[Na+]. The average molecular weight is 828 g/mol. The van der Waals surface area contributed by atoms with E-state index in [4.69, 9.17) is 5.11 Å². The Hall–Kier alpha value is -1.12. The fourth-order valence-electron chi connectivity index (χ4n) is 7.67. The van der Waals surface area contributed by atoms with Gasteiger partial charge in [-0.1, -0.05) is 219 Å². The normalized spacial score (nSPS) is 12.0. The molecule has 0 aliphatic heterocycles. The van der Waals surface area contributed by atoms with E-state index >= 15 is 0 Å². The molecule has 1 atom stereocenters. The molecule has 0 aromatic heterocycles. The number of rotatable bonds is 46. The molecule has 0 heterocycles. The molecule has 0 aromatic carbocycles. The van der Waals surface area contributed by atoms with E-state index in [9.17, 15) is 19.5 Å². The summed E-state index contributed by atoms with van der Waals surface area (Å²) in [5.41, 5.74) is 0. The van der Waals surface area contributed by atoms with Crippen LogP contribution in [0.3, 0.4) is 0 Å². The molecule has 3 N–H and O–H groups in total. The summed E-state index contributed by atoms with van der Waals surface area (Å²) >= 11 is 0. The summed E-state index contributed by atoms with van der Waals surface area (Å²) in [4.78, 5) is 41.0. The molecule has 0 bridgehead atoms. The molecule has 9 heteroatoms. The van der Waals surface area contributed by atoms with Gasteiger partial charge in [-0.05, 0) is 44.4 Å². The van der Waals surface area contributed by atoms with Crippen LogP contribution in [-0.2, 0) is 14.4 Å². The van der Waals surface area contributed by atoms with Gasteiger partial charge in [0.2, 0.25) is 11.8 Å². The van der Waals surface area contributed by atoms with Gasteiger partial charge in [0.1, 0.15) is 6.04 Å². The second-order valence-corrected chi connectivity index (χ2v) is 17.1. The van der Waals surface area contributed by atoms with E-state index in [-0.39, 0.29) is 66.5 Å². The van der Waals surface area contributed by atoms with E-state index in [1.54, 1.807) is 0 Å². The minimum atomic E-state index is -0.727. The minimum Gasteiger partial charge on any atom is -0.862 e. The molecule has 0 rings (SSSR count). The molecule has 336 valence electrons. The molecular weight excluding hydrogens is 734 g/mol. The quantitative estimate of drug-likeness (QED) is 0.0243. The minimum absolute atomic E-state index is 0. The third-order valence-corrected chi connectivity index (χ3v) is 11.5. The molecule has 0 saturated carbocycles. The predicted octanol–water partition coefficient (Wildman–Crippen LogP) is 10.1. The molecule has 0 aliphatic carbocycles. The molecule has 8 nitrogen and oxygen atoms in total. The summed E-state index contributed by atoms with van der Waals surface area (Å²) < 4.78 is 0. The van der Waals surface area contributed by atoms with Gasteiger partial charge in [0, 0.05) is 25.9 Å². The Morgan fingerprint density at radius 1 is 0.483 bits per heavy atom. The van der Waals surface area contributed by atoms with Crippen LogP contribution in [-0.4, -0.2) is 47.9 Å². The van der Waals surface area contributed by atoms with Crippen molar-refractivity contribution in [2.75, 3.05) is 13.1 Å². The first-order valence-electron chi connectivity index (χ1n) is 24.9. The number of aliphatic carboxylic acids is 1. The Morgan fingerprint density at radius 2 is 0.828 bits per heavy atom. The van der Waals surface area contributed by atoms with Gasteiger partial charge in [0.25, 0.3) is 0 Å². The number of carboxylic acids is 1. The number of aliphatic imine (C=N–C) groups is 1. The van der Waals surface area contributed by atoms with E-state index in [2.05, 4.69) is 29.5 Å². The van der Waals surface area contributed by atoms with E-state index in [1.165, 1.54) is 154 Å². The Kier molecular flexibility index (Phi) is 49.4. The molecule has 0 aromatic rings. The van der Waals surface area contributed by atoms with E-state index < -0.39 is 12.0 Å². The fraction of sp³-hybridized carbons (Fsp3) is 0.918. The fourth-order valence-corrected chi connectivity index (χ4v) is 7.67. The van der Waals surface area contributed by atoms with Crippen LogP contribution >= 0.6 is 0 Å². The largest absolute Gasteiger partial charge is 1.00 e. The maximum atomic E-state index is 13.2. The van der Waals surface area contributed by atoms with Crippen LogP contribution < -0.4 is 45.3 Å². The number of carboxylic acid groups (broad SMARTS) is 1. The Balaban J connectivity index is 0. The first kappa shape index (κ1) is 59.0. The first-order valence-corrected chi connectivity index (χ1v) is 24.9. The van der Waals surface area contributed by atoms with Crippen LogP contribution in [0.25, 0.3) is 0 Å². The van der Waals surface area contributed by atoms with Crippen LogP contribution in [0.5, 0.6) is 0 Å². The van der Waals surface area contributed by atoms with Crippen molar-refractivity contribution < 1.29 is 54.2 Å². The van der Waals surface area contributed by atoms with Gasteiger partial charge in [-0.15, -0.1) is 0 Å². The summed E-state index contributed by atoms with van der Waals surface area (Å²) in [6.07, 6.45) is 44.9. The van der Waals surface area contributed by atoms with Crippen molar-refractivity contribution >= 4 is 23.7 Å². The van der Waals surface area contributed by atoms with E-state index in [0.29, 0.717) is 19.5 Å². The van der Waals surface area contributed by atoms with Crippen molar-refractivity contribution in [2.45, 2.75) is 277 Å². The summed E-state index contributed by atoms with van der Waals surface area (Å²) in [5, 5.41) is 27.4. The van der Waals surface area contributed by atoms with Gasteiger partial charge in [-0.2, -0.15) is 0 Å². The second-order valence-electron chi connectivity index (χ2n) is 17.1. The Labute approximate surface area is 381 Å².